The Labute approximate surface area is 134 Å². The van der Waals surface area contributed by atoms with Gasteiger partial charge in [-0.1, -0.05) is 19.8 Å². The van der Waals surface area contributed by atoms with E-state index >= 15 is 0 Å². The minimum absolute atomic E-state index is 0.0142. The smallest absolute Gasteiger partial charge is 0.326 e. The van der Waals surface area contributed by atoms with Gasteiger partial charge in [-0.05, 0) is 12.5 Å². The van der Waals surface area contributed by atoms with Crippen molar-refractivity contribution in [2.75, 3.05) is 0 Å². The molecule has 0 spiro atoms. The maximum atomic E-state index is 12.2. The molecule has 2 aromatic rings. The van der Waals surface area contributed by atoms with E-state index in [-0.39, 0.29) is 22.3 Å². The molecule has 1 aromatic heterocycles. The second kappa shape index (κ2) is 7.09. The molecule has 0 saturated carbocycles. The predicted molar refractivity (Wildman–Crippen MR) is 82.5 cm³/mol. The fourth-order valence-corrected chi connectivity index (χ4v) is 2.59. The molecule has 10 heteroatoms. The van der Waals surface area contributed by atoms with Gasteiger partial charge in [-0.3, -0.25) is 14.9 Å². The minimum Gasteiger partial charge on any atom is -0.480 e. The lowest BCUT2D eigenvalue weighted by Crippen LogP contribution is -2.40. The fraction of sp³-hybridized carbons (Fsp3) is 0.385. The van der Waals surface area contributed by atoms with Crippen LogP contribution in [0.5, 0.6) is 0 Å². The SMILES string of the molecule is CCCCC(NC(=O)c1cc([N+](=O)[O-])c2nsnc2c1)C(=O)O. The Hall–Kier alpha value is -2.62. The van der Waals surface area contributed by atoms with Gasteiger partial charge in [-0.15, -0.1) is 0 Å². The number of carbonyl (C=O) groups excluding carboxylic acids is 1. The molecule has 0 bridgehead atoms. The van der Waals surface area contributed by atoms with Crippen molar-refractivity contribution in [1.82, 2.24) is 14.1 Å². The topological polar surface area (TPSA) is 135 Å². The van der Waals surface area contributed by atoms with E-state index in [2.05, 4.69) is 14.1 Å². The molecule has 2 N–H and O–H groups in total. The highest BCUT2D eigenvalue weighted by Crippen LogP contribution is 2.25. The van der Waals surface area contributed by atoms with Crippen molar-refractivity contribution in [3.63, 3.8) is 0 Å². The van der Waals surface area contributed by atoms with Crippen molar-refractivity contribution in [2.24, 2.45) is 0 Å². The van der Waals surface area contributed by atoms with Crippen LogP contribution < -0.4 is 5.32 Å². The van der Waals surface area contributed by atoms with E-state index in [1.807, 2.05) is 6.92 Å². The van der Waals surface area contributed by atoms with Gasteiger partial charge >= 0.3 is 5.97 Å². The molecule has 1 unspecified atom stereocenters. The number of amides is 1. The summed E-state index contributed by atoms with van der Waals surface area (Å²) in [5.41, 5.74) is -0.00594. The van der Waals surface area contributed by atoms with Gasteiger partial charge in [0.25, 0.3) is 11.6 Å². The van der Waals surface area contributed by atoms with E-state index in [4.69, 9.17) is 5.11 Å². The average molecular weight is 338 g/mol. The summed E-state index contributed by atoms with van der Waals surface area (Å²) in [4.78, 5) is 33.8. The zero-order chi connectivity index (χ0) is 17.0. The first-order chi connectivity index (χ1) is 10.9. The van der Waals surface area contributed by atoms with Gasteiger partial charge in [0.1, 0.15) is 11.6 Å². The molecule has 0 saturated heterocycles. The summed E-state index contributed by atoms with van der Waals surface area (Å²) in [7, 11) is 0. The zero-order valence-corrected chi connectivity index (χ0v) is 13.0. The van der Waals surface area contributed by atoms with Crippen LogP contribution in [-0.4, -0.2) is 36.7 Å². The second-order valence-electron chi connectivity index (χ2n) is 4.89. The number of nitro groups is 1. The number of nitrogens with zero attached hydrogens (tertiary/aromatic N) is 3. The number of benzene rings is 1. The third kappa shape index (κ3) is 3.77. The van der Waals surface area contributed by atoms with Crippen LogP contribution in [0.1, 0.15) is 36.5 Å². The largest absolute Gasteiger partial charge is 0.480 e. The Morgan fingerprint density at radius 2 is 2.17 bits per heavy atom. The number of hydrogen-bond donors (Lipinski definition) is 2. The number of unbranched alkanes of at least 4 members (excludes halogenated alkanes) is 1. The Kier molecular flexibility index (Phi) is 5.16. The van der Waals surface area contributed by atoms with Gasteiger partial charge in [0.05, 0.1) is 16.7 Å². The predicted octanol–water partition coefficient (Wildman–Crippen LogP) is 1.97. The van der Waals surface area contributed by atoms with Gasteiger partial charge in [-0.2, -0.15) is 8.75 Å². The molecule has 9 nitrogen and oxygen atoms in total. The summed E-state index contributed by atoms with van der Waals surface area (Å²) in [6.07, 6.45) is 1.73. The maximum absolute atomic E-state index is 12.2. The van der Waals surface area contributed by atoms with Crippen LogP contribution in [0.3, 0.4) is 0 Å². The molecule has 0 radical (unpaired) electrons. The number of non-ortho nitro benzene ring substituents is 1. The molecule has 1 heterocycles. The molecule has 1 aromatic carbocycles. The van der Waals surface area contributed by atoms with Crippen LogP contribution in [0.25, 0.3) is 11.0 Å². The first kappa shape index (κ1) is 16.7. The summed E-state index contributed by atoms with van der Waals surface area (Å²) in [5.74, 6) is -1.83. The van der Waals surface area contributed by atoms with Crippen molar-refractivity contribution >= 4 is 40.3 Å². The standard InChI is InChI=1S/C13H14N4O5S/c1-2-3-4-8(13(19)20)14-12(18)7-5-9-11(16-23-15-9)10(6-7)17(21)22/h5-6,8H,2-4H2,1H3,(H,14,18)(H,19,20). The molecule has 23 heavy (non-hydrogen) atoms. The van der Waals surface area contributed by atoms with Crippen LogP contribution >= 0.6 is 11.7 Å². The van der Waals surface area contributed by atoms with Crippen molar-refractivity contribution in [3.8, 4) is 0 Å². The molecular formula is C13H14N4O5S. The van der Waals surface area contributed by atoms with Gasteiger partial charge in [0.2, 0.25) is 0 Å². The third-order valence-corrected chi connectivity index (χ3v) is 3.79. The van der Waals surface area contributed by atoms with Gasteiger partial charge in [-0.25, -0.2) is 4.79 Å². The van der Waals surface area contributed by atoms with Gasteiger partial charge in [0, 0.05) is 11.6 Å². The zero-order valence-electron chi connectivity index (χ0n) is 12.2. The highest BCUT2D eigenvalue weighted by atomic mass is 32.1. The van der Waals surface area contributed by atoms with E-state index in [1.165, 1.54) is 6.07 Å². The normalized spacial score (nSPS) is 12.0. The Morgan fingerprint density at radius 1 is 1.43 bits per heavy atom. The first-order valence-electron chi connectivity index (χ1n) is 6.88. The van der Waals surface area contributed by atoms with Crippen LogP contribution in [-0.2, 0) is 4.79 Å². The second-order valence-corrected chi connectivity index (χ2v) is 5.42. The summed E-state index contributed by atoms with van der Waals surface area (Å²) in [6, 6.07) is 1.41. The van der Waals surface area contributed by atoms with Crippen LogP contribution in [0.4, 0.5) is 5.69 Å². The number of nitrogens with one attached hydrogen (secondary N) is 1. The molecule has 122 valence electrons. The number of aliphatic carboxylic acids is 1. The van der Waals surface area contributed by atoms with Gasteiger partial charge < -0.3 is 10.4 Å². The van der Waals surface area contributed by atoms with Crippen molar-refractivity contribution in [3.05, 3.63) is 27.8 Å². The third-order valence-electron chi connectivity index (χ3n) is 3.25. The number of rotatable bonds is 7. The molecule has 0 fully saturated rings. The average Bonchev–Trinajstić information content (AvgIpc) is 2.97. The van der Waals surface area contributed by atoms with Crippen LogP contribution in [0.15, 0.2) is 12.1 Å². The number of carboxylic acid groups (broad SMARTS) is 1. The molecule has 0 aliphatic heterocycles. The van der Waals surface area contributed by atoms with Gasteiger partial charge in [0.15, 0.2) is 5.52 Å². The molecule has 0 aliphatic rings. The number of fused-ring (bicyclic) bond motifs is 1. The molecular weight excluding hydrogens is 324 g/mol. The fourth-order valence-electron chi connectivity index (χ4n) is 2.05. The summed E-state index contributed by atoms with van der Waals surface area (Å²) in [5, 5.41) is 22.6. The number of hydrogen-bond acceptors (Lipinski definition) is 7. The van der Waals surface area contributed by atoms with Crippen molar-refractivity contribution < 1.29 is 19.6 Å². The Balaban J connectivity index is 2.29. The lowest BCUT2D eigenvalue weighted by molar-refractivity contribution is -0.383. The first-order valence-corrected chi connectivity index (χ1v) is 7.61. The molecule has 0 aliphatic carbocycles. The van der Waals surface area contributed by atoms with E-state index < -0.39 is 22.8 Å². The Bertz CT molecular complexity index is 760. The molecule has 1 atom stereocenters. The lowest BCUT2D eigenvalue weighted by atomic mass is 10.1. The minimum atomic E-state index is -1.14. The monoisotopic (exact) mass is 338 g/mol. The van der Waals surface area contributed by atoms with Crippen molar-refractivity contribution in [1.29, 1.82) is 0 Å². The lowest BCUT2D eigenvalue weighted by Gasteiger charge is -2.14. The van der Waals surface area contributed by atoms with E-state index in [1.54, 1.807) is 0 Å². The van der Waals surface area contributed by atoms with E-state index in [0.29, 0.717) is 12.8 Å². The van der Waals surface area contributed by atoms with E-state index in [0.717, 1.165) is 24.2 Å². The quantitative estimate of drug-likeness (QED) is 0.582. The van der Waals surface area contributed by atoms with Crippen molar-refractivity contribution in [2.45, 2.75) is 32.2 Å². The maximum Gasteiger partial charge on any atom is 0.326 e. The Morgan fingerprint density at radius 3 is 2.78 bits per heavy atom. The summed E-state index contributed by atoms with van der Waals surface area (Å²) in [6.45, 7) is 1.91. The van der Waals surface area contributed by atoms with E-state index in [9.17, 15) is 19.7 Å². The number of aromatic nitrogens is 2. The summed E-state index contributed by atoms with van der Waals surface area (Å²) < 4.78 is 7.73. The van der Waals surface area contributed by atoms with Crippen LogP contribution in [0, 0.1) is 10.1 Å². The van der Waals surface area contributed by atoms with Crippen LogP contribution in [0.2, 0.25) is 0 Å². The number of carbonyl (C=O) groups is 2. The number of carboxylic acids is 1. The highest BCUT2D eigenvalue weighted by molar-refractivity contribution is 7.00. The summed E-state index contributed by atoms with van der Waals surface area (Å²) >= 11 is 0.804. The molecule has 1 amide bonds. The highest BCUT2D eigenvalue weighted by Gasteiger charge is 2.24. The number of nitro benzene ring substituents is 1. The molecule has 2 rings (SSSR count).